The van der Waals surface area contributed by atoms with Gasteiger partial charge in [-0.05, 0) is 18.2 Å². The molecule has 9 heteroatoms. The normalized spacial score (nSPS) is 10.2. The van der Waals surface area contributed by atoms with E-state index in [-0.39, 0.29) is 29.1 Å². The summed E-state index contributed by atoms with van der Waals surface area (Å²) in [5.74, 6) is 0.621. The summed E-state index contributed by atoms with van der Waals surface area (Å²) in [5, 5.41) is 19.6. The number of nitrogen functional groups attached to an aromatic ring is 1. The quantitative estimate of drug-likeness (QED) is 0.553. The zero-order chi connectivity index (χ0) is 21.8. The lowest BCUT2D eigenvalue weighted by atomic mass is 9.96. The van der Waals surface area contributed by atoms with Crippen molar-refractivity contribution in [1.29, 1.82) is 10.5 Å². The smallest absolute Gasteiger partial charge is 0.268 e. The van der Waals surface area contributed by atoms with E-state index >= 15 is 0 Å². The Bertz CT molecular complexity index is 1270. The molecule has 0 spiro atoms. The molecule has 0 aliphatic heterocycles. The molecule has 7 nitrogen and oxygen atoms in total. The number of methoxy groups -OCH3 is 1. The van der Waals surface area contributed by atoms with Crippen LogP contribution in [0.4, 0.5) is 5.82 Å². The molecule has 0 fully saturated rings. The lowest BCUT2D eigenvalue weighted by Crippen LogP contribution is -2.16. The van der Waals surface area contributed by atoms with E-state index in [9.17, 15) is 15.3 Å². The number of ether oxygens (including phenoxy) is 2. The molecular weight excluding hydrogens is 472 g/mol. The fourth-order valence-corrected chi connectivity index (χ4v) is 3.59. The number of anilines is 1. The van der Waals surface area contributed by atoms with Crippen LogP contribution in [0.2, 0.25) is 5.02 Å². The summed E-state index contributed by atoms with van der Waals surface area (Å²) in [4.78, 5) is 14.5. The number of nitrogens with zero attached hydrogens (tertiary/aromatic N) is 2. The van der Waals surface area contributed by atoms with Crippen LogP contribution in [0, 0.1) is 22.7 Å². The van der Waals surface area contributed by atoms with Crippen LogP contribution in [0.3, 0.4) is 0 Å². The summed E-state index contributed by atoms with van der Waals surface area (Å²) in [6, 6.07) is 14.3. The Kier molecular flexibility index (Phi) is 6.31. The number of hydrogen-bond acceptors (Lipinski definition) is 6. The van der Waals surface area contributed by atoms with Crippen molar-refractivity contribution in [1.82, 2.24) is 4.98 Å². The van der Waals surface area contributed by atoms with E-state index < -0.39 is 5.56 Å². The molecular formula is C21H14BrClN4O3. The van der Waals surface area contributed by atoms with Crippen LogP contribution in [0.5, 0.6) is 11.5 Å². The highest BCUT2D eigenvalue weighted by Crippen LogP contribution is 2.41. The lowest BCUT2D eigenvalue weighted by Gasteiger charge is -2.16. The number of aromatic nitrogens is 1. The van der Waals surface area contributed by atoms with Gasteiger partial charge in [0, 0.05) is 26.2 Å². The van der Waals surface area contributed by atoms with Crippen molar-refractivity contribution >= 4 is 33.3 Å². The van der Waals surface area contributed by atoms with Gasteiger partial charge in [0.2, 0.25) is 0 Å². The van der Waals surface area contributed by atoms with E-state index in [0.717, 1.165) is 5.56 Å². The molecule has 0 unspecified atom stereocenters. The number of pyridine rings is 1. The van der Waals surface area contributed by atoms with E-state index in [2.05, 4.69) is 20.9 Å². The summed E-state index contributed by atoms with van der Waals surface area (Å²) in [7, 11) is 1.46. The molecule has 0 atom stereocenters. The van der Waals surface area contributed by atoms with Crippen LogP contribution < -0.4 is 20.8 Å². The van der Waals surface area contributed by atoms with Crippen molar-refractivity contribution in [3.05, 3.63) is 72.9 Å². The summed E-state index contributed by atoms with van der Waals surface area (Å²) < 4.78 is 11.8. The minimum absolute atomic E-state index is 0.0151. The summed E-state index contributed by atoms with van der Waals surface area (Å²) in [6.07, 6.45) is 0. The van der Waals surface area contributed by atoms with Crippen molar-refractivity contribution in [3.8, 4) is 34.8 Å². The average molecular weight is 486 g/mol. The van der Waals surface area contributed by atoms with Gasteiger partial charge in [0.05, 0.1) is 7.11 Å². The maximum absolute atomic E-state index is 12.2. The van der Waals surface area contributed by atoms with Crippen molar-refractivity contribution in [2.24, 2.45) is 0 Å². The fourth-order valence-electron chi connectivity index (χ4n) is 2.88. The van der Waals surface area contributed by atoms with Gasteiger partial charge in [0.1, 0.15) is 35.7 Å². The van der Waals surface area contributed by atoms with Gasteiger partial charge in [-0.25, -0.2) is 0 Å². The fraction of sp³-hybridized carbons (Fsp3) is 0.0952. The number of hydrogen-bond donors (Lipinski definition) is 2. The molecule has 3 aromatic rings. The predicted molar refractivity (Wildman–Crippen MR) is 116 cm³/mol. The third-order valence-corrected chi connectivity index (χ3v) is 5.36. The molecule has 2 aromatic carbocycles. The second kappa shape index (κ2) is 8.91. The zero-order valence-electron chi connectivity index (χ0n) is 15.6. The third-order valence-electron chi connectivity index (χ3n) is 4.33. The van der Waals surface area contributed by atoms with E-state index in [4.69, 9.17) is 26.8 Å². The standard InChI is InChI=1S/C21H14BrClN4O3/c1-29-17-6-12(19-13(8-24)20(26)27-21(28)14(19)9-25)15(22)7-18(17)30-10-11-4-2-3-5-16(11)23/h2-7H,10H2,1H3,(H3,26,27,28). The molecule has 1 heterocycles. The minimum Gasteiger partial charge on any atom is -0.493 e. The van der Waals surface area contributed by atoms with Crippen LogP contribution in [0.1, 0.15) is 16.7 Å². The van der Waals surface area contributed by atoms with Crippen molar-refractivity contribution in [3.63, 3.8) is 0 Å². The number of nitriles is 2. The number of rotatable bonds is 5. The first-order valence-corrected chi connectivity index (χ1v) is 9.68. The van der Waals surface area contributed by atoms with Crippen LogP contribution >= 0.6 is 27.5 Å². The first kappa shape index (κ1) is 21.3. The zero-order valence-corrected chi connectivity index (χ0v) is 18.0. The second-order valence-electron chi connectivity index (χ2n) is 6.08. The number of aromatic amines is 1. The predicted octanol–water partition coefficient (Wildman–Crippen LogP) is 4.37. The van der Waals surface area contributed by atoms with Gasteiger partial charge in [0.25, 0.3) is 5.56 Å². The Balaban J connectivity index is 2.12. The van der Waals surface area contributed by atoms with Gasteiger partial charge in [-0.15, -0.1) is 0 Å². The van der Waals surface area contributed by atoms with Gasteiger partial charge in [-0.3, -0.25) is 4.79 Å². The summed E-state index contributed by atoms with van der Waals surface area (Å²) in [5.41, 5.74) is 6.17. The highest BCUT2D eigenvalue weighted by atomic mass is 79.9. The third kappa shape index (κ3) is 3.97. The number of halogens is 2. The first-order chi connectivity index (χ1) is 14.4. The molecule has 0 saturated heterocycles. The molecule has 1 aromatic heterocycles. The van der Waals surface area contributed by atoms with E-state index in [1.54, 1.807) is 18.2 Å². The SMILES string of the molecule is COc1cc(-c2c(C#N)c(N)[nH]c(=O)c2C#N)c(Br)cc1OCc1ccccc1Cl. The lowest BCUT2D eigenvalue weighted by molar-refractivity contribution is 0.284. The number of nitrogens with two attached hydrogens (primary N) is 1. The Morgan fingerprint density at radius 2 is 1.87 bits per heavy atom. The first-order valence-electron chi connectivity index (χ1n) is 8.51. The second-order valence-corrected chi connectivity index (χ2v) is 7.34. The maximum Gasteiger partial charge on any atom is 0.268 e. The highest BCUT2D eigenvalue weighted by Gasteiger charge is 2.22. The Hall–Kier alpha value is -3.46. The van der Waals surface area contributed by atoms with Crippen LogP contribution in [-0.2, 0) is 6.61 Å². The Morgan fingerprint density at radius 3 is 2.50 bits per heavy atom. The van der Waals surface area contributed by atoms with Crippen molar-refractivity contribution < 1.29 is 9.47 Å². The molecule has 0 saturated carbocycles. The van der Waals surface area contributed by atoms with Gasteiger partial charge in [0.15, 0.2) is 11.5 Å². The van der Waals surface area contributed by atoms with E-state index in [1.165, 1.54) is 7.11 Å². The number of benzene rings is 2. The van der Waals surface area contributed by atoms with E-state index in [0.29, 0.717) is 26.6 Å². The molecule has 0 bridgehead atoms. The molecule has 0 aliphatic carbocycles. The van der Waals surface area contributed by atoms with Crippen LogP contribution in [0.25, 0.3) is 11.1 Å². The number of H-pyrrole nitrogens is 1. The molecule has 3 rings (SSSR count). The highest BCUT2D eigenvalue weighted by molar-refractivity contribution is 9.10. The minimum atomic E-state index is -0.686. The van der Waals surface area contributed by atoms with E-state index in [1.807, 2.05) is 30.3 Å². The molecule has 0 radical (unpaired) electrons. The molecule has 0 aliphatic rings. The Labute approximate surface area is 185 Å². The monoisotopic (exact) mass is 484 g/mol. The summed E-state index contributed by atoms with van der Waals surface area (Å²) in [6.45, 7) is 0.201. The van der Waals surface area contributed by atoms with Gasteiger partial charge in [-0.1, -0.05) is 45.7 Å². The summed E-state index contributed by atoms with van der Waals surface area (Å²) >= 11 is 9.60. The molecule has 30 heavy (non-hydrogen) atoms. The largest absolute Gasteiger partial charge is 0.493 e. The average Bonchev–Trinajstić information content (AvgIpc) is 2.73. The van der Waals surface area contributed by atoms with Crippen molar-refractivity contribution in [2.75, 3.05) is 12.8 Å². The molecule has 0 amide bonds. The van der Waals surface area contributed by atoms with Gasteiger partial charge >= 0.3 is 0 Å². The Morgan fingerprint density at radius 1 is 1.17 bits per heavy atom. The number of nitrogens with one attached hydrogen (secondary N) is 1. The van der Waals surface area contributed by atoms with Gasteiger partial charge in [-0.2, -0.15) is 10.5 Å². The maximum atomic E-state index is 12.2. The van der Waals surface area contributed by atoms with Crippen molar-refractivity contribution in [2.45, 2.75) is 6.61 Å². The topological polar surface area (TPSA) is 125 Å². The van der Waals surface area contributed by atoms with Gasteiger partial charge < -0.3 is 20.2 Å². The molecule has 3 N–H and O–H groups in total. The molecule has 150 valence electrons. The van der Waals surface area contributed by atoms with Crippen LogP contribution in [0.15, 0.2) is 45.7 Å². The van der Waals surface area contributed by atoms with Crippen LogP contribution in [-0.4, -0.2) is 12.1 Å².